The highest BCUT2D eigenvalue weighted by molar-refractivity contribution is 7.80. The zero-order valence-corrected chi connectivity index (χ0v) is 20.8. The summed E-state index contributed by atoms with van der Waals surface area (Å²) in [6, 6.07) is 3.92. The van der Waals surface area contributed by atoms with Gasteiger partial charge in [-0.1, -0.05) is 12.8 Å². The van der Waals surface area contributed by atoms with E-state index in [0.29, 0.717) is 30.5 Å². The molecule has 5 nitrogen and oxygen atoms in total. The third kappa shape index (κ3) is 8.06. The Bertz CT molecular complexity index is 1030. The Hall–Kier alpha value is -2.41. The number of aryl methyl sites for hydroxylation is 1. The Morgan fingerprint density at radius 2 is 1.51 bits per heavy atom. The Labute approximate surface area is 214 Å². The third-order valence-corrected chi connectivity index (χ3v) is 5.67. The second kappa shape index (κ2) is 11.5. The van der Waals surface area contributed by atoms with E-state index in [2.05, 4.69) is 16.0 Å². The predicted molar refractivity (Wildman–Crippen MR) is 117 cm³/mol. The van der Waals surface area contributed by atoms with Gasteiger partial charge in [-0.3, -0.25) is 4.79 Å². The van der Waals surface area contributed by atoms with Gasteiger partial charge < -0.3 is 32.9 Å². The number of hydrogen-bond acceptors (Lipinski definition) is 2. The molecule has 1 fully saturated rings. The summed E-state index contributed by atoms with van der Waals surface area (Å²) in [6.07, 6.45) is -3.52. The lowest BCUT2D eigenvalue weighted by Gasteiger charge is -2.33. The van der Waals surface area contributed by atoms with Crippen molar-refractivity contribution in [3.8, 4) is 0 Å². The molecule has 1 aliphatic rings. The van der Waals surface area contributed by atoms with Crippen molar-refractivity contribution in [2.24, 2.45) is 7.05 Å². The minimum atomic E-state index is -4.96. The summed E-state index contributed by atoms with van der Waals surface area (Å²) in [5.74, 6) is -0.290. The molecule has 0 radical (unpaired) electrons. The SMILES string of the molecule is C[n+]1cccc(C(=O)N[C@@H]2CCCC[C@H]2NC(=S)Nc2cc(C(F)(F)F)cc(C(F)(F)F)c2)c1.[Br-]. The van der Waals surface area contributed by atoms with Crippen LogP contribution in [0, 0.1) is 0 Å². The molecule has 192 valence electrons. The molecule has 0 unspecified atom stereocenters. The number of pyridine rings is 1. The number of alkyl halides is 6. The Morgan fingerprint density at radius 1 is 0.971 bits per heavy atom. The zero-order chi connectivity index (χ0) is 25.1. The van der Waals surface area contributed by atoms with E-state index >= 15 is 0 Å². The fourth-order valence-corrected chi connectivity index (χ4v) is 4.08. The summed E-state index contributed by atoms with van der Waals surface area (Å²) in [4.78, 5) is 12.6. The van der Waals surface area contributed by atoms with E-state index in [0.717, 1.165) is 12.8 Å². The number of carbonyl (C=O) groups is 1. The smallest absolute Gasteiger partial charge is 0.416 e. The van der Waals surface area contributed by atoms with Crippen LogP contribution < -0.4 is 37.5 Å². The second-order valence-corrected chi connectivity index (χ2v) is 8.53. The number of benzene rings is 1. The summed E-state index contributed by atoms with van der Waals surface area (Å²) in [5, 5.41) is 8.18. The molecule has 0 aliphatic heterocycles. The van der Waals surface area contributed by atoms with Crippen molar-refractivity contribution >= 4 is 28.9 Å². The monoisotopic (exact) mass is 584 g/mol. The molecule has 13 heteroatoms. The number of nitrogens with one attached hydrogen (secondary N) is 3. The Kier molecular flexibility index (Phi) is 9.51. The van der Waals surface area contributed by atoms with Gasteiger partial charge in [0.2, 0.25) is 0 Å². The van der Waals surface area contributed by atoms with Gasteiger partial charge in [0.1, 0.15) is 12.6 Å². The van der Waals surface area contributed by atoms with Gasteiger partial charge in [0.25, 0.3) is 5.91 Å². The third-order valence-electron chi connectivity index (χ3n) is 5.45. The summed E-state index contributed by atoms with van der Waals surface area (Å²) in [7, 11) is 1.78. The van der Waals surface area contributed by atoms with Gasteiger partial charge in [0.15, 0.2) is 17.5 Å². The van der Waals surface area contributed by atoms with E-state index in [-0.39, 0.29) is 46.2 Å². The lowest BCUT2D eigenvalue weighted by molar-refractivity contribution is -0.671. The molecular formula is C22H23BrF6N4OS. The number of anilines is 1. The van der Waals surface area contributed by atoms with Crippen molar-refractivity contribution in [3.63, 3.8) is 0 Å². The average molecular weight is 585 g/mol. The van der Waals surface area contributed by atoms with Gasteiger partial charge in [0.05, 0.1) is 11.1 Å². The van der Waals surface area contributed by atoms with Crippen molar-refractivity contribution in [2.45, 2.75) is 50.1 Å². The van der Waals surface area contributed by atoms with Gasteiger partial charge in [-0.15, -0.1) is 0 Å². The number of carbonyl (C=O) groups excluding carboxylic acids is 1. The molecule has 35 heavy (non-hydrogen) atoms. The van der Waals surface area contributed by atoms with Crippen molar-refractivity contribution < 1.29 is 52.7 Å². The number of thiocarbonyl (C=S) groups is 1. The minimum Gasteiger partial charge on any atom is -1.00 e. The fraction of sp³-hybridized carbons (Fsp3) is 0.409. The molecule has 1 aromatic heterocycles. The lowest BCUT2D eigenvalue weighted by atomic mass is 9.90. The van der Waals surface area contributed by atoms with Crippen LogP contribution in [0.5, 0.6) is 0 Å². The number of amides is 1. The summed E-state index contributed by atoms with van der Waals surface area (Å²) >= 11 is 5.17. The van der Waals surface area contributed by atoms with Gasteiger partial charge >= 0.3 is 12.4 Å². The average Bonchev–Trinajstić information content (AvgIpc) is 2.73. The van der Waals surface area contributed by atoms with Crippen LogP contribution in [0.2, 0.25) is 0 Å². The Balaban J connectivity index is 0.00000432. The first-order valence-corrected chi connectivity index (χ1v) is 10.9. The van der Waals surface area contributed by atoms with E-state index in [1.165, 1.54) is 0 Å². The number of hydrogen-bond donors (Lipinski definition) is 3. The van der Waals surface area contributed by atoms with Crippen molar-refractivity contribution in [3.05, 3.63) is 59.4 Å². The van der Waals surface area contributed by atoms with Crippen LogP contribution >= 0.6 is 12.2 Å². The first-order valence-electron chi connectivity index (χ1n) is 10.5. The highest BCUT2D eigenvalue weighted by atomic mass is 79.9. The van der Waals surface area contributed by atoms with Crippen molar-refractivity contribution in [1.82, 2.24) is 10.6 Å². The maximum absolute atomic E-state index is 13.1. The number of halogens is 7. The lowest BCUT2D eigenvalue weighted by Crippen LogP contribution is -3.00. The van der Waals surface area contributed by atoms with Crippen LogP contribution in [0.4, 0.5) is 32.0 Å². The maximum atomic E-state index is 13.1. The van der Waals surface area contributed by atoms with Crippen LogP contribution in [0.15, 0.2) is 42.7 Å². The van der Waals surface area contributed by atoms with E-state index in [1.54, 1.807) is 36.1 Å². The Morgan fingerprint density at radius 3 is 2.03 bits per heavy atom. The molecule has 3 rings (SSSR count). The first-order chi connectivity index (χ1) is 15.8. The molecule has 1 saturated carbocycles. The summed E-state index contributed by atoms with van der Waals surface area (Å²) in [5.41, 5.74) is -2.86. The molecular weight excluding hydrogens is 562 g/mol. The van der Waals surface area contributed by atoms with Crippen LogP contribution in [0.25, 0.3) is 0 Å². The van der Waals surface area contributed by atoms with Gasteiger partial charge in [-0.05, 0) is 49.3 Å². The van der Waals surface area contributed by atoms with Crippen LogP contribution in [0.3, 0.4) is 0 Å². The normalized spacial score (nSPS) is 18.3. The maximum Gasteiger partial charge on any atom is 0.416 e. The number of aromatic nitrogens is 1. The number of nitrogens with zero attached hydrogens (tertiary/aromatic N) is 1. The molecule has 1 heterocycles. The van der Waals surface area contributed by atoms with E-state index in [9.17, 15) is 31.1 Å². The minimum absolute atomic E-state index is 0. The fourth-order valence-electron chi connectivity index (χ4n) is 3.81. The molecule has 0 bridgehead atoms. The predicted octanol–water partition coefficient (Wildman–Crippen LogP) is 1.58. The number of rotatable bonds is 4. The second-order valence-electron chi connectivity index (χ2n) is 8.12. The van der Waals surface area contributed by atoms with E-state index in [4.69, 9.17) is 12.2 Å². The molecule has 0 saturated heterocycles. The highest BCUT2D eigenvalue weighted by Gasteiger charge is 2.37. The molecule has 0 spiro atoms. The summed E-state index contributed by atoms with van der Waals surface area (Å²) in [6.45, 7) is 0. The van der Waals surface area contributed by atoms with Crippen LogP contribution in [-0.4, -0.2) is 23.1 Å². The van der Waals surface area contributed by atoms with Crippen molar-refractivity contribution in [2.75, 3.05) is 5.32 Å². The van der Waals surface area contributed by atoms with Gasteiger partial charge in [0, 0.05) is 23.8 Å². The van der Waals surface area contributed by atoms with Gasteiger partial charge in [-0.2, -0.15) is 26.3 Å². The topological polar surface area (TPSA) is 57.0 Å². The molecule has 1 aromatic carbocycles. The molecule has 1 aliphatic carbocycles. The van der Waals surface area contributed by atoms with E-state index < -0.39 is 29.2 Å². The van der Waals surface area contributed by atoms with Crippen LogP contribution in [0.1, 0.15) is 47.2 Å². The quantitative estimate of drug-likeness (QED) is 0.290. The van der Waals surface area contributed by atoms with E-state index in [1.807, 2.05) is 0 Å². The van der Waals surface area contributed by atoms with Crippen LogP contribution in [-0.2, 0) is 19.4 Å². The first kappa shape index (κ1) is 28.8. The standard InChI is InChI=1S/C22H22F6N4OS.BrH/c1-32-8-4-5-13(12-32)19(33)30-17-6-2-3-7-18(17)31-20(34)29-16-10-14(21(23,24)25)9-15(11-16)22(26,27)28;/h4-5,8-12,17-18H,2-3,6-7H2,1H3,(H2-,29,30,31,33,34);1H/t17-,18-;/m1./s1. The highest BCUT2D eigenvalue weighted by Crippen LogP contribution is 2.37. The summed E-state index contributed by atoms with van der Waals surface area (Å²) < 4.78 is 80.3. The van der Waals surface area contributed by atoms with Gasteiger partial charge in [-0.25, -0.2) is 4.57 Å². The molecule has 2 aromatic rings. The largest absolute Gasteiger partial charge is 1.00 e. The molecule has 2 atom stereocenters. The molecule has 1 amide bonds. The molecule has 3 N–H and O–H groups in total. The van der Waals surface area contributed by atoms with Crippen molar-refractivity contribution in [1.29, 1.82) is 0 Å². The zero-order valence-electron chi connectivity index (χ0n) is 18.4.